The number of piperidine rings is 1. The first-order chi connectivity index (χ1) is 9.11. The first kappa shape index (κ1) is 14.3. The summed E-state index contributed by atoms with van der Waals surface area (Å²) in [6.45, 7) is 9.29. The van der Waals surface area contributed by atoms with Gasteiger partial charge in [0.2, 0.25) is 0 Å². The van der Waals surface area contributed by atoms with E-state index < -0.39 is 0 Å². The molecule has 1 fully saturated rings. The Morgan fingerprint density at radius 3 is 2.53 bits per heavy atom. The Bertz CT molecular complexity index is 383. The SMILES string of the molecule is CC(C)c1noc(N2CCC([C@H](C)CCN)CC2)n1. The van der Waals surface area contributed by atoms with Crippen LogP contribution in [-0.4, -0.2) is 29.8 Å². The standard InChI is InChI=1S/C14H26N4O/c1-10(2)13-16-14(19-17-13)18-8-5-12(6-9-18)11(3)4-7-15/h10-12H,4-9,15H2,1-3H3/t11-/m1/s1. The van der Waals surface area contributed by atoms with Gasteiger partial charge in [0.15, 0.2) is 5.82 Å². The molecule has 19 heavy (non-hydrogen) atoms. The molecule has 1 aromatic heterocycles. The average Bonchev–Trinajstić information content (AvgIpc) is 2.89. The van der Waals surface area contributed by atoms with E-state index in [0.29, 0.717) is 11.9 Å². The van der Waals surface area contributed by atoms with E-state index in [1.807, 2.05) is 0 Å². The third kappa shape index (κ3) is 3.47. The van der Waals surface area contributed by atoms with Gasteiger partial charge in [-0.2, -0.15) is 4.98 Å². The molecule has 5 heteroatoms. The summed E-state index contributed by atoms with van der Waals surface area (Å²) < 4.78 is 5.35. The van der Waals surface area contributed by atoms with Crippen LogP contribution in [0.4, 0.5) is 6.01 Å². The summed E-state index contributed by atoms with van der Waals surface area (Å²) in [6.07, 6.45) is 3.52. The molecule has 1 aromatic rings. The highest BCUT2D eigenvalue weighted by Gasteiger charge is 2.26. The number of nitrogens with two attached hydrogens (primary N) is 1. The first-order valence-corrected chi connectivity index (χ1v) is 7.40. The van der Waals surface area contributed by atoms with Gasteiger partial charge in [0, 0.05) is 19.0 Å². The minimum atomic E-state index is 0.319. The van der Waals surface area contributed by atoms with Crippen molar-refractivity contribution in [2.75, 3.05) is 24.5 Å². The molecule has 2 rings (SSSR count). The molecule has 0 bridgehead atoms. The highest BCUT2D eigenvalue weighted by Crippen LogP contribution is 2.29. The molecule has 108 valence electrons. The van der Waals surface area contributed by atoms with Crippen molar-refractivity contribution in [3.63, 3.8) is 0 Å². The van der Waals surface area contributed by atoms with Crippen LogP contribution in [0, 0.1) is 11.8 Å². The fraction of sp³-hybridized carbons (Fsp3) is 0.857. The second kappa shape index (κ2) is 6.37. The topological polar surface area (TPSA) is 68.2 Å². The Morgan fingerprint density at radius 2 is 2.00 bits per heavy atom. The molecule has 1 saturated heterocycles. The summed E-state index contributed by atoms with van der Waals surface area (Å²) in [5.74, 6) is 2.63. The molecule has 0 spiro atoms. The number of aromatic nitrogens is 2. The summed E-state index contributed by atoms with van der Waals surface area (Å²) in [4.78, 5) is 6.68. The van der Waals surface area contributed by atoms with Crippen LogP contribution < -0.4 is 10.6 Å². The van der Waals surface area contributed by atoms with Gasteiger partial charge in [-0.25, -0.2) is 0 Å². The zero-order valence-electron chi connectivity index (χ0n) is 12.3. The predicted molar refractivity (Wildman–Crippen MR) is 76.2 cm³/mol. The van der Waals surface area contributed by atoms with Crippen molar-refractivity contribution in [1.29, 1.82) is 0 Å². The van der Waals surface area contributed by atoms with Gasteiger partial charge in [-0.3, -0.25) is 0 Å². The molecule has 0 unspecified atom stereocenters. The first-order valence-electron chi connectivity index (χ1n) is 7.40. The van der Waals surface area contributed by atoms with Crippen molar-refractivity contribution < 1.29 is 4.52 Å². The molecule has 0 radical (unpaired) electrons. The third-order valence-electron chi connectivity index (χ3n) is 4.18. The van der Waals surface area contributed by atoms with E-state index in [1.165, 1.54) is 12.8 Å². The fourth-order valence-corrected chi connectivity index (χ4v) is 2.75. The number of hydrogen-bond donors (Lipinski definition) is 1. The normalized spacial score (nSPS) is 19.1. The summed E-state index contributed by atoms with van der Waals surface area (Å²) in [5, 5.41) is 4.03. The van der Waals surface area contributed by atoms with Crippen LogP contribution in [-0.2, 0) is 0 Å². The summed E-state index contributed by atoms with van der Waals surface area (Å²) in [7, 11) is 0. The van der Waals surface area contributed by atoms with Gasteiger partial charge in [0.1, 0.15) is 0 Å². The van der Waals surface area contributed by atoms with Crippen LogP contribution in [0.1, 0.15) is 51.8 Å². The van der Waals surface area contributed by atoms with Gasteiger partial charge in [-0.05, 0) is 37.6 Å². The number of rotatable bonds is 5. The van der Waals surface area contributed by atoms with Crippen LogP contribution in [0.5, 0.6) is 0 Å². The van der Waals surface area contributed by atoms with E-state index in [1.54, 1.807) is 0 Å². The molecule has 1 aliphatic heterocycles. The molecular weight excluding hydrogens is 240 g/mol. The third-order valence-corrected chi connectivity index (χ3v) is 4.18. The maximum atomic E-state index is 5.64. The fourth-order valence-electron chi connectivity index (χ4n) is 2.75. The van der Waals surface area contributed by atoms with Crippen LogP contribution in [0.2, 0.25) is 0 Å². The van der Waals surface area contributed by atoms with Gasteiger partial charge in [-0.15, -0.1) is 0 Å². The smallest absolute Gasteiger partial charge is 0.324 e. The monoisotopic (exact) mass is 266 g/mol. The molecule has 5 nitrogen and oxygen atoms in total. The van der Waals surface area contributed by atoms with Crippen molar-refractivity contribution in [1.82, 2.24) is 10.1 Å². The van der Waals surface area contributed by atoms with Gasteiger partial charge in [-0.1, -0.05) is 25.9 Å². The van der Waals surface area contributed by atoms with Crippen LogP contribution >= 0.6 is 0 Å². The summed E-state index contributed by atoms with van der Waals surface area (Å²) in [5.41, 5.74) is 5.64. The lowest BCUT2D eigenvalue weighted by Gasteiger charge is -2.33. The average molecular weight is 266 g/mol. The highest BCUT2D eigenvalue weighted by molar-refractivity contribution is 5.26. The molecule has 0 amide bonds. The number of hydrogen-bond acceptors (Lipinski definition) is 5. The molecule has 0 aliphatic carbocycles. The molecule has 2 heterocycles. The lowest BCUT2D eigenvalue weighted by Crippen LogP contribution is -2.36. The van der Waals surface area contributed by atoms with Crippen LogP contribution in [0.3, 0.4) is 0 Å². The van der Waals surface area contributed by atoms with Gasteiger partial charge >= 0.3 is 6.01 Å². The van der Waals surface area contributed by atoms with Crippen molar-refractivity contribution in [3.8, 4) is 0 Å². The van der Waals surface area contributed by atoms with Crippen molar-refractivity contribution >= 4 is 6.01 Å². The predicted octanol–water partition coefficient (Wildman–Crippen LogP) is 2.39. The second-order valence-electron chi connectivity index (χ2n) is 5.97. The lowest BCUT2D eigenvalue weighted by molar-refractivity contribution is 0.273. The van der Waals surface area contributed by atoms with Crippen molar-refractivity contribution in [2.45, 2.75) is 46.0 Å². The Balaban J connectivity index is 1.88. The van der Waals surface area contributed by atoms with Crippen LogP contribution in [0.15, 0.2) is 4.52 Å². The van der Waals surface area contributed by atoms with E-state index in [2.05, 4.69) is 35.8 Å². The van der Waals surface area contributed by atoms with Crippen LogP contribution in [0.25, 0.3) is 0 Å². The Kier molecular flexibility index (Phi) is 4.80. The van der Waals surface area contributed by atoms with E-state index in [4.69, 9.17) is 10.3 Å². The summed E-state index contributed by atoms with van der Waals surface area (Å²) >= 11 is 0. The van der Waals surface area contributed by atoms with E-state index >= 15 is 0 Å². The Labute approximate surface area is 115 Å². The van der Waals surface area contributed by atoms with Gasteiger partial charge in [0.05, 0.1) is 0 Å². The quantitative estimate of drug-likeness (QED) is 0.886. The number of nitrogens with zero attached hydrogens (tertiary/aromatic N) is 3. The van der Waals surface area contributed by atoms with E-state index in [0.717, 1.165) is 43.7 Å². The van der Waals surface area contributed by atoms with Gasteiger partial charge < -0.3 is 15.2 Å². The van der Waals surface area contributed by atoms with Gasteiger partial charge in [0.25, 0.3) is 0 Å². The molecule has 1 atom stereocenters. The largest absolute Gasteiger partial charge is 0.330 e. The van der Waals surface area contributed by atoms with E-state index in [9.17, 15) is 0 Å². The molecule has 2 N–H and O–H groups in total. The molecule has 0 saturated carbocycles. The lowest BCUT2D eigenvalue weighted by atomic mass is 9.84. The van der Waals surface area contributed by atoms with Crippen molar-refractivity contribution in [2.24, 2.45) is 17.6 Å². The number of anilines is 1. The molecule has 0 aromatic carbocycles. The maximum absolute atomic E-state index is 5.64. The zero-order valence-corrected chi connectivity index (χ0v) is 12.3. The molecule has 1 aliphatic rings. The van der Waals surface area contributed by atoms with E-state index in [-0.39, 0.29) is 0 Å². The Hall–Kier alpha value is -1.10. The van der Waals surface area contributed by atoms with Crippen molar-refractivity contribution in [3.05, 3.63) is 5.82 Å². The Morgan fingerprint density at radius 1 is 1.32 bits per heavy atom. The minimum absolute atomic E-state index is 0.319. The molecular formula is C14H26N4O. The summed E-state index contributed by atoms with van der Waals surface area (Å²) in [6, 6.07) is 0.689. The zero-order chi connectivity index (χ0) is 13.8. The maximum Gasteiger partial charge on any atom is 0.324 e. The second-order valence-corrected chi connectivity index (χ2v) is 5.97. The highest BCUT2D eigenvalue weighted by atomic mass is 16.5. The minimum Gasteiger partial charge on any atom is -0.330 e.